The Labute approximate surface area is 160 Å². The van der Waals surface area contributed by atoms with Crippen molar-refractivity contribution < 1.29 is 14.0 Å². The van der Waals surface area contributed by atoms with Crippen LogP contribution in [0.15, 0.2) is 22.7 Å². The molecule has 1 fully saturated rings. The van der Waals surface area contributed by atoms with Crippen molar-refractivity contribution in [3.63, 3.8) is 0 Å². The molecule has 1 heterocycles. The highest BCUT2D eigenvalue weighted by atomic mass is 35.5. The summed E-state index contributed by atoms with van der Waals surface area (Å²) in [6.07, 6.45) is 7.81. The van der Waals surface area contributed by atoms with Gasteiger partial charge in [0.1, 0.15) is 0 Å². The van der Waals surface area contributed by atoms with Gasteiger partial charge in [-0.05, 0) is 50.5 Å². The van der Waals surface area contributed by atoms with Gasteiger partial charge in [-0.2, -0.15) is 4.98 Å². The van der Waals surface area contributed by atoms with Crippen molar-refractivity contribution in [2.24, 2.45) is 5.73 Å². The van der Waals surface area contributed by atoms with Gasteiger partial charge >= 0.3 is 0 Å². The molecule has 6 nitrogen and oxygen atoms in total. The lowest BCUT2D eigenvalue weighted by atomic mass is 9.99. The molecule has 0 radical (unpaired) electrons. The van der Waals surface area contributed by atoms with Gasteiger partial charge in [0.05, 0.1) is 18.8 Å². The van der Waals surface area contributed by atoms with Crippen LogP contribution in [0.3, 0.4) is 0 Å². The van der Waals surface area contributed by atoms with Crippen molar-refractivity contribution in [3.8, 4) is 11.5 Å². The summed E-state index contributed by atoms with van der Waals surface area (Å²) in [7, 11) is 1.63. The standard InChI is InChI=1S/C19H25N3O3.ClH/c1-13(2)24-15-8-6-14(12-16(15)23-3)7-9-17-21-18(22-25-17)19(20)10-4-5-11-19;/h6-9,12-13H,4-5,10-11,20H2,1-3H3;1H/b9-7+;. The van der Waals surface area contributed by atoms with Crippen LogP contribution in [-0.4, -0.2) is 23.4 Å². The van der Waals surface area contributed by atoms with Crippen LogP contribution in [0.25, 0.3) is 12.2 Å². The van der Waals surface area contributed by atoms with Crippen molar-refractivity contribution in [2.75, 3.05) is 7.11 Å². The van der Waals surface area contributed by atoms with Crippen LogP contribution >= 0.6 is 12.4 Å². The first-order valence-corrected chi connectivity index (χ1v) is 8.66. The number of nitrogens with zero attached hydrogens (tertiary/aromatic N) is 2. The average Bonchev–Trinajstić information content (AvgIpc) is 3.23. The molecule has 142 valence electrons. The number of halogens is 1. The molecule has 0 aliphatic heterocycles. The van der Waals surface area contributed by atoms with E-state index in [1.807, 2.05) is 38.1 Å². The van der Waals surface area contributed by atoms with Gasteiger partial charge in [-0.1, -0.05) is 24.1 Å². The largest absolute Gasteiger partial charge is 0.493 e. The minimum Gasteiger partial charge on any atom is -0.493 e. The summed E-state index contributed by atoms with van der Waals surface area (Å²) in [5, 5.41) is 4.06. The lowest BCUT2D eigenvalue weighted by Gasteiger charge is -2.17. The minimum absolute atomic E-state index is 0. The Morgan fingerprint density at radius 2 is 1.92 bits per heavy atom. The van der Waals surface area contributed by atoms with E-state index >= 15 is 0 Å². The number of ether oxygens (including phenoxy) is 2. The van der Waals surface area contributed by atoms with Gasteiger partial charge in [-0.25, -0.2) is 0 Å². The highest BCUT2D eigenvalue weighted by Crippen LogP contribution is 2.34. The van der Waals surface area contributed by atoms with Crippen LogP contribution in [0.4, 0.5) is 0 Å². The number of methoxy groups -OCH3 is 1. The smallest absolute Gasteiger partial charge is 0.250 e. The van der Waals surface area contributed by atoms with E-state index < -0.39 is 5.54 Å². The molecule has 1 aliphatic carbocycles. The van der Waals surface area contributed by atoms with E-state index in [0.29, 0.717) is 17.5 Å². The summed E-state index contributed by atoms with van der Waals surface area (Å²) in [6.45, 7) is 3.96. The second kappa shape index (κ2) is 8.56. The first kappa shape index (κ1) is 20.3. The highest BCUT2D eigenvalue weighted by molar-refractivity contribution is 5.85. The topological polar surface area (TPSA) is 83.4 Å². The van der Waals surface area contributed by atoms with Crippen LogP contribution in [0, 0.1) is 0 Å². The van der Waals surface area contributed by atoms with Crippen molar-refractivity contribution in [1.29, 1.82) is 0 Å². The normalized spacial score (nSPS) is 16.0. The van der Waals surface area contributed by atoms with E-state index in [1.165, 1.54) is 0 Å². The number of rotatable bonds is 6. The van der Waals surface area contributed by atoms with Gasteiger partial charge in [0, 0.05) is 6.08 Å². The van der Waals surface area contributed by atoms with E-state index in [0.717, 1.165) is 37.0 Å². The monoisotopic (exact) mass is 379 g/mol. The molecule has 1 aliphatic rings. The first-order chi connectivity index (χ1) is 12.0. The number of aromatic nitrogens is 2. The molecular formula is C19H26ClN3O3. The summed E-state index contributed by atoms with van der Waals surface area (Å²) in [4.78, 5) is 4.43. The summed E-state index contributed by atoms with van der Waals surface area (Å²) < 4.78 is 16.4. The molecule has 1 aromatic heterocycles. The van der Waals surface area contributed by atoms with E-state index in [2.05, 4.69) is 10.1 Å². The van der Waals surface area contributed by atoms with Crippen LogP contribution in [0.1, 0.15) is 56.8 Å². The van der Waals surface area contributed by atoms with Crippen molar-refractivity contribution in [1.82, 2.24) is 10.1 Å². The first-order valence-electron chi connectivity index (χ1n) is 8.66. The molecule has 0 spiro atoms. The third-order valence-corrected chi connectivity index (χ3v) is 4.35. The molecule has 2 aromatic rings. The molecule has 26 heavy (non-hydrogen) atoms. The Morgan fingerprint density at radius 3 is 2.58 bits per heavy atom. The molecule has 0 amide bonds. The molecule has 2 N–H and O–H groups in total. The molecule has 0 saturated heterocycles. The van der Waals surface area contributed by atoms with E-state index in [1.54, 1.807) is 13.2 Å². The third kappa shape index (κ3) is 4.56. The average molecular weight is 380 g/mol. The molecule has 0 atom stereocenters. The maximum Gasteiger partial charge on any atom is 0.250 e. The number of hydrogen-bond donors (Lipinski definition) is 1. The Morgan fingerprint density at radius 1 is 1.19 bits per heavy atom. The minimum atomic E-state index is -0.436. The quantitative estimate of drug-likeness (QED) is 0.810. The number of hydrogen-bond acceptors (Lipinski definition) is 6. The molecular weight excluding hydrogens is 354 g/mol. The molecule has 0 unspecified atom stereocenters. The summed E-state index contributed by atoms with van der Waals surface area (Å²) in [5.74, 6) is 2.46. The van der Waals surface area contributed by atoms with Crippen LogP contribution in [0.5, 0.6) is 11.5 Å². The SMILES string of the molecule is COc1cc(/C=C/c2nc(C3(N)CCCC3)no2)ccc1OC(C)C.Cl. The molecule has 1 saturated carbocycles. The Balaban J connectivity index is 0.00000243. The van der Waals surface area contributed by atoms with Crippen molar-refractivity contribution >= 4 is 24.6 Å². The predicted molar refractivity (Wildman–Crippen MR) is 104 cm³/mol. The second-order valence-corrected chi connectivity index (χ2v) is 6.73. The fraction of sp³-hybridized carbons (Fsp3) is 0.474. The molecule has 0 bridgehead atoms. The van der Waals surface area contributed by atoms with Gasteiger partial charge in [-0.3, -0.25) is 0 Å². The van der Waals surface area contributed by atoms with Crippen molar-refractivity contribution in [3.05, 3.63) is 35.5 Å². The summed E-state index contributed by atoms with van der Waals surface area (Å²) in [5.41, 5.74) is 6.87. The maximum absolute atomic E-state index is 6.36. The van der Waals surface area contributed by atoms with Crippen molar-refractivity contribution in [2.45, 2.75) is 51.2 Å². The third-order valence-electron chi connectivity index (χ3n) is 4.35. The molecule has 3 rings (SSSR count). The van der Waals surface area contributed by atoms with E-state index in [-0.39, 0.29) is 18.5 Å². The van der Waals surface area contributed by atoms with Crippen LogP contribution < -0.4 is 15.2 Å². The lowest BCUT2D eigenvalue weighted by Crippen LogP contribution is -2.34. The predicted octanol–water partition coefficient (Wildman–Crippen LogP) is 4.19. The Kier molecular flexibility index (Phi) is 6.67. The second-order valence-electron chi connectivity index (χ2n) is 6.73. The summed E-state index contributed by atoms with van der Waals surface area (Å²) >= 11 is 0. The highest BCUT2D eigenvalue weighted by Gasteiger charge is 2.35. The number of benzene rings is 1. The zero-order valence-electron chi connectivity index (χ0n) is 15.4. The fourth-order valence-electron chi connectivity index (χ4n) is 3.04. The van der Waals surface area contributed by atoms with E-state index in [9.17, 15) is 0 Å². The maximum atomic E-state index is 6.36. The Bertz CT molecular complexity index is 752. The zero-order chi connectivity index (χ0) is 17.9. The van der Waals surface area contributed by atoms with Gasteiger partial charge in [0.15, 0.2) is 17.3 Å². The van der Waals surface area contributed by atoms with Gasteiger partial charge in [0.25, 0.3) is 5.89 Å². The van der Waals surface area contributed by atoms with Gasteiger partial charge < -0.3 is 19.7 Å². The molecule has 1 aromatic carbocycles. The zero-order valence-corrected chi connectivity index (χ0v) is 16.2. The van der Waals surface area contributed by atoms with E-state index in [4.69, 9.17) is 19.7 Å². The van der Waals surface area contributed by atoms with Crippen LogP contribution in [0.2, 0.25) is 0 Å². The van der Waals surface area contributed by atoms with Gasteiger partial charge in [0.2, 0.25) is 0 Å². The van der Waals surface area contributed by atoms with Crippen LogP contribution in [-0.2, 0) is 5.54 Å². The summed E-state index contributed by atoms with van der Waals surface area (Å²) in [6, 6.07) is 5.76. The Hall–Kier alpha value is -2.05. The van der Waals surface area contributed by atoms with Gasteiger partial charge in [-0.15, -0.1) is 12.4 Å². The number of nitrogens with two attached hydrogens (primary N) is 1. The lowest BCUT2D eigenvalue weighted by molar-refractivity contribution is 0.230. The fourth-order valence-corrected chi connectivity index (χ4v) is 3.04. The molecule has 7 heteroatoms.